The maximum absolute atomic E-state index is 12.3. The second kappa shape index (κ2) is 7.42. The van der Waals surface area contributed by atoms with Crippen LogP contribution in [0.2, 0.25) is 0 Å². The number of hydrogen-bond acceptors (Lipinski definition) is 5. The van der Waals surface area contributed by atoms with Crippen molar-refractivity contribution in [2.75, 3.05) is 14.2 Å². The zero-order valence-electron chi connectivity index (χ0n) is 13.7. The molecule has 1 aliphatic carbocycles. The number of aliphatic hydroxyl groups excluding tert-OH is 1. The minimum absolute atomic E-state index is 0.170. The summed E-state index contributed by atoms with van der Waals surface area (Å²) in [4.78, 5) is 24.4. The number of carbonyl (C=O) groups excluding carboxylic acids is 2. The number of allylic oxidation sites excluding steroid dienone is 2. The molecule has 0 aliphatic heterocycles. The summed E-state index contributed by atoms with van der Waals surface area (Å²) in [7, 11) is 2.87. The van der Waals surface area contributed by atoms with Crippen LogP contribution in [0, 0.1) is 0 Å². The maximum Gasteiger partial charge on any atom is 0.190 e. The molecule has 0 aromatic heterocycles. The zero-order valence-corrected chi connectivity index (χ0v) is 13.7. The van der Waals surface area contributed by atoms with Gasteiger partial charge in [0, 0.05) is 5.56 Å². The van der Waals surface area contributed by atoms with E-state index in [4.69, 9.17) is 9.47 Å². The molecule has 5 heteroatoms. The minimum Gasteiger partial charge on any atom is -0.496 e. The number of fused-ring (bicyclic) bond motifs is 1. The van der Waals surface area contributed by atoms with E-state index in [1.807, 2.05) is 0 Å². The van der Waals surface area contributed by atoms with E-state index >= 15 is 0 Å². The predicted octanol–water partition coefficient (Wildman–Crippen LogP) is 3.25. The van der Waals surface area contributed by atoms with Gasteiger partial charge in [0.25, 0.3) is 0 Å². The molecular weight excluding hydrogens is 296 g/mol. The number of rotatable bonds is 7. The highest BCUT2D eigenvalue weighted by atomic mass is 16.5. The van der Waals surface area contributed by atoms with Crippen LogP contribution in [-0.4, -0.2) is 30.9 Å². The molecule has 2 rings (SSSR count). The van der Waals surface area contributed by atoms with Crippen molar-refractivity contribution < 1.29 is 24.2 Å². The molecule has 0 heterocycles. The fraction of sp³-hybridized carbons (Fsp3) is 0.444. The maximum atomic E-state index is 12.3. The summed E-state index contributed by atoms with van der Waals surface area (Å²) >= 11 is 0. The molecule has 1 aromatic rings. The highest BCUT2D eigenvalue weighted by molar-refractivity contribution is 6.24. The van der Waals surface area contributed by atoms with E-state index in [1.165, 1.54) is 26.4 Å². The highest BCUT2D eigenvalue weighted by Gasteiger charge is 2.31. The van der Waals surface area contributed by atoms with E-state index in [-0.39, 0.29) is 34.2 Å². The summed E-state index contributed by atoms with van der Waals surface area (Å²) in [5.74, 6) is -0.0836. The van der Waals surface area contributed by atoms with Gasteiger partial charge in [-0.05, 0) is 24.6 Å². The van der Waals surface area contributed by atoms with Gasteiger partial charge in [0.05, 0.1) is 31.5 Å². The Morgan fingerprint density at radius 1 is 1.04 bits per heavy atom. The van der Waals surface area contributed by atoms with Gasteiger partial charge in [-0.25, -0.2) is 0 Å². The second-order valence-electron chi connectivity index (χ2n) is 5.52. The molecule has 23 heavy (non-hydrogen) atoms. The third-order valence-electron chi connectivity index (χ3n) is 4.02. The molecule has 5 nitrogen and oxygen atoms in total. The van der Waals surface area contributed by atoms with Gasteiger partial charge in [-0.2, -0.15) is 0 Å². The number of ether oxygens (including phenoxy) is 2. The first-order valence-corrected chi connectivity index (χ1v) is 7.78. The first kappa shape index (κ1) is 17.2. The molecule has 0 fully saturated rings. The second-order valence-corrected chi connectivity index (χ2v) is 5.52. The number of carbonyl (C=O) groups is 2. The zero-order chi connectivity index (χ0) is 17.0. The molecule has 0 radical (unpaired) electrons. The lowest BCUT2D eigenvalue weighted by molar-refractivity contribution is 0.0987. The van der Waals surface area contributed by atoms with Gasteiger partial charge in [0.1, 0.15) is 11.5 Å². The molecule has 0 spiro atoms. The molecule has 0 saturated heterocycles. The monoisotopic (exact) mass is 318 g/mol. The fourth-order valence-corrected chi connectivity index (χ4v) is 2.83. The van der Waals surface area contributed by atoms with Gasteiger partial charge in [0.2, 0.25) is 0 Å². The van der Waals surface area contributed by atoms with Crippen LogP contribution in [0.5, 0.6) is 11.5 Å². The van der Waals surface area contributed by atoms with Gasteiger partial charge in [-0.15, -0.1) is 0 Å². The fourth-order valence-electron chi connectivity index (χ4n) is 2.83. The number of methoxy groups -OCH3 is 2. The molecule has 124 valence electrons. The van der Waals surface area contributed by atoms with Crippen LogP contribution >= 0.6 is 0 Å². The van der Waals surface area contributed by atoms with Crippen LogP contribution in [0.15, 0.2) is 18.2 Å². The van der Waals surface area contributed by atoms with Gasteiger partial charge in [-0.3, -0.25) is 9.59 Å². The summed E-state index contributed by atoms with van der Waals surface area (Å²) < 4.78 is 10.6. The van der Waals surface area contributed by atoms with Crippen LogP contribution in [0.4, 0.5) is 0 Å². The Morgan fingerprint density at radius 2 is 1.70 bits per heavy atom. The molecule has 0 amide bonds. The van der Waals surface area contributed by atoms with Crippen molar-refractivity contribution >= 4 is 11.6 Å². The third kappa shape index (κ3) is 3.29. The standard InChI is InChI=1S/C18H22O5/c1-4-5-6-7-12(19)11-10-15(22-2)16-13(20)8-9-14(21)17(16)18(11)23-3/h8-10,12,19H,4-7H2,1-3H3. The average Bonchev–Trinajstić information content (AvgIpc) is 2.56. The van der Waals surface area contributed by atoms with Crippen molar-refractivity contribution in [1.82, 2.24) is 0 Å². The van der Waals surface area contributed by atoms with Crippen LogP contribution in [0.3, 0.4) is 0 Å². The van der Waals surface area contributed by atoms with Gasteiger partial charge < -0.3 is 14.6 Å². The number of benzene rings is 1. The van der Waals surface area contributed by atoms with E-state index in [2.05, 4.69) is 6.92 Å². The highest BCUT2D eigenvalue weighted by Crippen LogP contribution is 2.41. The lowest BCUT2D eigenvalue weighted by Crippen LogP contribution is -2.17. The van der Waals surface area contributed by atoms with Gasteiger partial charge >= 0.3 is 0 Å². The molecule has 1 atom stereocenters. The van der Waals surface area contributed by atoms with E-state index < -0.39 is 6.10 Å². The predicted molar refractivity (Wildman–Crippen MR) is 86.4 cm³/mol. The Bertz CT molecular complexity index is 645. The molecule has 0 saturated carbocycles. The molecule has 1 N–H and O–H groups in total. The first-order chi connectivity index (χ1) is 11.0. The van der Waals surface area contributed by atoms with Crippen molar-refractivity contribution in [2.24, 2.45) is 0 Å². The first-order valence-electron chi connectivity index (χ1n) is 7.78. The molecule has 1 unspecified atom stereocenters. The van der Waals surface area contributed by atoms with Crippen molar-refractivity contribution in [3.05, 3.63) is 34.9 Å². The van der Waals surface area contributed by atoms with Crippen LogP contribution in [0.25, 0.3) is 0 Å². The third-order valence-corrected chi connectivity index (χ3v) is 4.02. The smallest absolute Gasteiger partial charge is 0.190 e. The number of aliphatic hydroxyl groups is 1. The summed E-state index contributed by atoms with van der Waals surface area (Å²) in [6.45, 7) is 2.09. The van der Waals surface area contributed by atoms with E-state index in [1.54, 1.807) is 6.07 Å². The lowest BCUT2D eigenvalue weighted by atomic mass is 9.88. The molecule has 0 bridgehead atoms. The molecule has 1 aliphatic rings. The number of hydrogen-bond donors (Lipinski definition) is 1. The summed E-state index contributed by atoms with van der Waals surface area (Å²) in [5, 5.41) is 10.5. The van der Waals surface area contributed by atoms with Crippen molar-refractivity contribution in [1.29, 1.82) is 0 Å². The van der Waals surface area contributed by atoms with E-state index in [0.717, 1.165) is 19.3 Å². The van der Waals surface area contributed by atoms with Crippen LogP contribution < -0.4 is 9.47 Å². The van der Waals surface area contributed by atoms with Crippen LogP contribution in [-0.2, 0) is 0 Å². The largest absolute Gasteiger partial charge is 0.496 e. The van der Waals surface area contributed by atoms with Gasteiger partial charge in [-0.1, -0.05) is 26.2 Å². The summed E-state index contributed by atoms with van der Waals surface area (Å²) in [6, 6.07) is 1.60. The quantitative estimate of drug-likeness (QED) is 0.781. The van der Waals surface area contributed by atoms with E-state index in [0.29, 0.717) is 12.0 Å². The Hall–Kier alpha value is -2.14. The Labute approximate surface area is 135 Å². The minimum atomic E-state index is -0.774. The average molecular weight is 318 g/mol. The normalized spacial score (nSPS) is 14.6. The molecular formula is C18H22O5. The Balaban J connectivity index is 2.55. The van der Waals surface area contributed by atoms with Crippen LogP contribution in [0.1, 0.15) is 65.0 Å². The van der Waals surface area contributed by atoms with Crippen molar-refractivity contribution in [3.8, 4) is 11.5 Å². The van der Waals surface area contributed by atoms with Crippen molar-refractivity contribution in [3.63, 3.8) is 0 Å². The number of ketones is 2. The van der Waals surface area contributed by atoms with Crippen molar-refractivity contribution in [2.45, 2.75) is 38.7 Å². The SMILES string of the molecule is CCCCCC(O)c1cc(OC)c2c(c1OC)C(=O)C=CC2=O. The Morgan fingerprint density at radius 3 is 2.26 bits per heavy atom. The Kier molecular flexibility index (Phi) is 5.55. The molecule has 1 aromatic carbocycles. The van der Waals surface area contributed by atoms with E-state index in [9.17, 15) is 14.7 Å². The van der Waals surface area contributed by atoms with Gasteiger partial charge in [0.15, 0.2) is 11.6 Å². The summed E-state index contributed by atoms with van der Waals surface area (Å²) in [6.07, 6.45) is 5.17. The summed E-state index contributed by atoms with van der Waals surface area (Å²) in [5.41, 5.74) is 0.848. The number of unbranched alkanes of at least 4 members (excludes halogenated alkanes) is 2. The topological polar surface area (TPSA) is 72.8 Å². The lowest BCUT2D eigenvalue weighted by Gasteiger charge is -2.22.